The summed E-state index contributed by atoms with van der Waals surface area (Å²) in [7, 11) is 1.71. The van der Waals surface area contributed by atoms with E-state index in [1.54, 1.807) is 7.11 Å². The fraction of sp³-hybridized carbons (Fsp3) is 0.667. The van der Waals surface area contributed by atoms with Gasteiger partial charge in [0.2, 0.25) is 0 Å². The van der Waals surface area contributed by atoms with Gasteiger partial charge in [-0.1, -0.05) is 47.6 Å². The lowest BCUT2D eigenvalue weighted by Gasteiger charge is -2.54. The summed E-state index contributed by atoms with van der Waals surface area (Å²) in [6, 6.07) is 6.41. The number of hydrogen-bond donors (Lipinski definition) is 1. The van der Waals surface area contributed by atoms with Crippen molar-refractivity contribution in [1.29, 1.82) is 0 Å². The van der Waals surface area contributed by atoms with Gasteiger partial charge in [0.05, 0.1) is 7.11 Å². The number of ether oxygens (including phenoxy) is 1. The van der Waals surface area contributed by atoms with Crippen LogP contribution in [0.1, 0.15) is 58.7 Å². The topological polar surface area (TPSA) is 35.2 Å². The summed E-state index contributed by atoms with van der Waals surface area (Å²) < 4.78 is 5.37. The largest absolute Gasteiger partial charge is 0.497 e. The molecule has 1 atom stereocenters. The van der Waals surface area contributed by atoms with Gasteiger partial charge in [0.25, 0.3) is 0 Å². The SMILES string of the molecule is COc1ccc2c(c1)[C@@H](N)C(C(C)(C)C)(C(C)(C)C)C2. The fourth-order valence-electron chi connectivity index (χ4n) is 4.41. The molecule has 2 nitrogen and oxygen atoms in total. The van der Waals surface area contributed by atoms with Crippen LogP contribution in [-0.4, -0.2) is 7.11 Å². The van der Waals surface area contributed by atoms with Crippen molar-refractivity contribution in [1.82, 2.24) is 0 Å². The number of rotatable bonds is 1. The van der Waals surface area contributed by atoms with Crippen LogP contribution in [0.25, 0.3) is 0 Å². The van der Waals surface area contributed by atoms with Crippen molar-refractivity contribution in [3.63, 3.8) is 0 Å². The van der Waals surface area contributed by atoms with E-state index in [-0.39, 0.29) is 22.3 Å². The van der Waals surface area contributed by atoms with Crippen molar-refractivity contribution < 1.29 is 4.74 Å². The molecule has 0 radical (unpaired) electrons. The highest BCUT2D eigenvalue weighted by molar-refractivity contribution is 5.44. The molecule has 1 aliphatic rings. The maximum absolute atomic E-state index is 6.77. The van der Waals surface area contributed by atoms with Crippen LogP contribution >= 0.6 is 0 Å². The third-order valence-corrected chi connectivity index (χ3v) is 5.36. The molecule has 0 aliphatic heterocycles. The van der Waals surface area contributed by atoms with Crippen LogP contribution in [0.3, 0.4) is 0 Å². The number of nitrogens with two attached hydrogens (primary N) is 1. The predicted octanol–water partition coefficient (Wildman–Crippen LogP) is 4.33. The Labute approximate surface area is 123 Å². The van der Waals surface area contributed by atoms with Crippen LogP contribution in [0.4, 0.5) is 0 Å². The highest BCUT2D eigenvalue weighted by Crippen LogP contribution is 2.63. The van der Waals surface area contributed by atoms with E-state index >= 15 is 0 Å². The van der Waals surface area contributed by atoms with Crippen LogP contribution < -0.4 is 10.5 Å². The summed E-state index contributed by atoms with van der Waals surface area (Å²) in [6.07, 6.45) is 1.04. The lowest BCUT2D eigenvalue weighted by atomic mass is 9.51. The molecule has 112 valence electrons. The Hall–Kier alpha value is -1.02. The lowest BCUT2D eigenvalue weighted by molar-refractivity contribution is -0.0459. The molecule has 0 heterocycles. The van der Waals surface area contributed by atoms with Gasteiger partial charge in [-0.25, -0.2) is 0 Å². The highest BCUT2D eigenvalue weighted by Gasteiger charge is 2.58. The number of benzene rings is 1. The maximum Gasteiger partial charge on any atom is 0.119 e. The molecular formula is C18H29NO. The smallest absolute Gasteiger partial charge is 0.119 e. The molecule has 0 bridgehead atoms. The molecule has 0 fully saturated rings. The van der Waals surface area contributed by atoms with Crippen LogP contribution in [-0.2, 0) is 6.42 Å². The molecule has 1 aromatic carbocycles. The average molecular weight is 275 g/mol. The maximum atomic E-state index is 6.77. The summed E-state index contributed by atoms with van der Waals surface area (Å²) >= 11 is 0. The van der Waals surface area contributed by atoms with Crippen molar-refractivity contribution in [3.05, 3.63) is 29.3 Å². The molecule has 0 saturated heterocycles. The van der Waals surface area contributed by atoms with Gasteiger partial charge in [-0.3, -0.25) is 0 Å². The zero-order valence-electron chi connectivity index (χ0n) is 14.0. The van der Waals surface area contributed by atoms with E-state index < -0.39 is 0 Å². The third-order valence-electron chi connectivity index (χ3n) is 5.36. The van der Waals surface area contributed by atoms with Gasteiger partial charge in [0.1, 0.15) is 5.75 Å². The Kier molecular flexibility index (Phi) is 3.45. The van der Waals surface area contributed by atoms with Crippen LogP contribution in [0.5, 0.6) is 5.75 Å². The van der Waals surface area contributed by atoms with Crippen LogP contribution in [0, 0.1) is 16.2 Å². The molecule has 1 aliphatic carbocycles. The predicted molar refractivity (Wildman–Crippen MR) is 85.0 cm³/mol. The first-order valence-electron chi connectivity index (χ1n) is 7.47. The zero-order valence-corrected chi connectivity index (χ0v) is 14.0. The van der Waals surface area contributed by atoms with Gasteiger partial charge < -0.3 is 10.5 Å². The molecule has 1 aromatic rings. The number of hydrogen-bond acceptors (Lipinski definition) is 2. The number of fused-ring (bicyclic) bond motifs is 1. The summed E-state index contributed by atoms with van der Waals surface area (Å²) in [5.41, 5.74) is 9.72. The Morgan fingerprint density at radius 3 is 2.10 bits per heavy atom. The molecule has 2 rings (SSSR count). The minimum absolute atomic E-state index is 0.0487. The van der Waals surface area contributed by atoms with E-state index in [1.807, 2.05) is 6.07 Å². The molecular weight excluding hydrogens is 246 g/mol. The summed E-state index contributed by atoms with van der Waals surface area (Å²) in [5, 5.41) is 0. The van der Waals surface area contributed by atoms with E-state index in [9.17, 15) is 0 Å². The Bertz CT molecular complexity index is 491. The normalized spacial score (nSPS) is 21.7. The minimum Gasteiger partial charge on any atom is -0.497 e. The molecule has 2 N–H and O–H groups in total. The highest BCUT2D eigenvalue weighted by atomic mass is 16.5. The molecule has 0 aromatic heterocycles. The van der Waals surface area contributed by atoms with E-state index in [0.717, 1.165) is 12.2 Å². The summed E-state index contributed by atoms with van der Waals surface area (Å²) in [4.78, 5) is 0. The number of methoxy groups -OCH3 is 1. The first-order valence-corrected chi connectivity index (χ1v) is 7.47. The Morgan fingerprint density at radius 1 is 1.10 bits per heavy atom. The third kappa shape index (κ3) is 1.96. The van der Waals surface area contributed by atoms with Crippen molar-refractivity contribution >= 4 is 0 Å². The van der Waals surface area contributed by atoms with Gasteiger partial charge in [-0.05, 0) is 40.5 Å². The molecule has 0 amide bonds. The van der Waals surface area contributed by atoms with E-state index in [4.69, 9.17) is 10.5 Å². The van der Waals surface area contributed by atoms with Gasteiger partial charge in [-0.2, -0.15) is 0 Å². The van der Waals surface area contributed by atoms with Crippen LogP contribution in [0.15, 0.2) is 18.2 Å². The second kappa shape index (κ2) is 4.49. The monoisotopic (exact) mass is 275 g/mol. The summed E-state index contributed by atoms with van der Waals surface area (Å²) in [6.45, 7) is 13.9. The van der Waals surface area contributed by atoms with Gasteiger partial charge >= 0.3 is 0 Å². The quantitative estimate of drug-likeness (QED) is 0.828. The lowest BCUT2D eigenvalue weighted by Crippen LogP contribution is -2.51. The first-order chi connectivity index (χ1) is 9.04. The van der Waals surface area contributed by atoms with E-state index in [1.165, 1.54) is 11.1 Å². The zero-order chi connectivity index (χ0) is 15.3. The second-order valence-corrected chi connectivity index (χ2v) is 8.19. The molecule has 0 saturated carbocycles. The molecule has 0 spiro atoms. The van der Waals surface area contributed by atoms with E-state index in [2.05, 4.69) is 53.7 Å². The van der Waals surface area contributed by atoms with Crippen molar-refractivity contribution in [2.45, 2.75) is 54.0 Å². The first kappa shape index (κ1) is 15.4. The van der Waals surface area contributed by atoms with Gasteiger partial charge in [0, 0.05) is 11.5 Å². The van der Waals surface area contributed by atoms with Crippen molar-refractivity contribution in [3.8, 4) is 5.75 Å². The van der Waals surface area contributed by atoms with Crippen LogP contribution in [0.2, 0.25) is 0 Å². The summed E-state index contributed by atoms with van der Waals surface area (Å²) in [5.74, 6) is 0.901. The average Bonchev–Trinajstić information content (AvgIpc) is 2.62. The molecule has 20 heavy (non-hydrogen) atoms. The molecule has 0 unspecified atom stereocenters. The van der Waals surface area contributed by atoms with Crippen molar-refractivity contribution in [2.24, 2.45) is 22.0 Å². The second-order valence-electron chi connectivity index (χ2n) is 8.19. The van der Waals surface area contributed by atoms with Gasteiger partial charge in [0.15, 0.2) is 0 Å². The van der Waals surface area contributed by atoms with Crippen molar-refractivity contribution in [2.75, 3.05) is 7.11 Å². The molecule has 2 heteroatoms. The van der Waals surface area contributed by atoms with Gasteiger partial charge in [-0.15, -0.1) is 0 Å². The Balaban J connectivity index is 2.61. The Morgan fingerprint density at radius 2 is 1.65 bits per heavy atom. The minimum atomic E-state index is 0.0487. The standard InChI is InChI=1S/C18H29NO/c1-16(2,3)18(17(4,5)6)11-12-8-9-13(20-7)10-14(12)15(18)19/h8-10,15H,11,19H2,1-7H3/t15-/m1/s1. The fourth-order valence-corrected chi connectivity index (χ4v) is 4.41. The van der Waals surface area contributed by atoms with E-state index in [0.29, 0.717) is 0 Å².